The summed E-state index contributed by atoms with van der Waals surface area (Å²) in [5.74, 6) is 2.76. The van der Waals surface area contributed by atoms with Crippen LogP contribution in [-0.4, -0.2) is 29.7 Å². The standard InChI is InChI=1S/C14H13N7/c1-5-16-14(17-6-1)21-9-11(8-18-21)19-12-4-7-15-13(20-12)10-2-3-10/h1,4-10H,2-3H2,(H,15,19,20). The molecule has 4 rings (SSSR count). The van der Waals surface area contributed by atoms with E-state index in [1.54, 1.807) is 35.5 Å². The summed E-state index contributed by atoms with van der Waals surface area (Å²) in [5, 5.41) is 7.47. The minimum absolute atomic E-state index is 0.534. The van der Waals surface area contributed by atoms with Crippen LogP contribution in [0.5, 0.6) is 0 Å². The Morgan fingerprint density at radius 1 is 1.10 bits per heavy atom. The van der Waals surface area contributed by atoms with E-state index in [9.17, 15) is 0 Å². The predicted molar refractivity (Wildman–Crippen MR) is 76.4 cm³/mol. The van der Waals surface area contributed by atoms with E-state index < -0.39 is 0 Å². The average molecular weight is 279 g/mol. The molecular weight excluding hydrogens is 266 g/mol. The Morgan fingerprint density at radius 2 is 1.95 bits per heavy atom. The van der Waals surface area contributed by atoms with E-state index in [1.807, 2.05) is 12.3 Å². The van der Waals surface area contributed by atoms with Crippen molar-refractivity contribution in [3.63, 3.8) is 0 Å². The Balaban J connectivity index is 1.55. The Hall–Kier alpha value is -2.83. The number of hydrogen-bond donors (Lipinski definition) is 1. The lowest BCUT2D eigenvalue weighted by atomic mass is 10.4. The van der Waals surface area contributed by atoms with Crippen molar-refractivity contribution in [1.29, 1.82) is 0 Å². The lowest BCUT2D eigenvalue weighted by Crippen LogP contribution is -2.00. The summed E-state index contributed by atoms with van der Waals surface area (Å²) >= 11 is 0. The molecule has 1 N–H and O–H groups in total. The molecule has 3 aromatic rings. The summed E-state index contributed by atoms with van der Waals surface area (Å²) in [5.41, 5.74) is 0.836. The van der Waals surface area contributed by atoms with Crippen LogP contribution in [-0.2, 0) is 0 Å². The van der Waals surface area contributed by atoms with Gasteiger partial charge in [-0.25, -0.2) is 24.6 Å². The number of nitrogens with zero attached hydrogens (tertiary/aromatic N) is 6. The number of nitrogens with one attached hydrogen (secondary N) is 1. The van der Waals surface area contributed by atoms with Crippen LogP contribution < -0.4 is 5.32 Å². The van der Waals surface area contributed by atoms with Crippen molar-refractivity contribution in [2.24, 2.45) is 0 Å². The zero-order chi connectivity index (χ0) is 14.1. The number of hydrogen-bond acceptors (Lipinski definition) is 6. The number of anilines is 2. The van der Waals surface area contributed by atoms with Gasteiger partial charge in [0.15, 0.2) is 0 Å². The molecular formula is C14H13N7. The third-order valence-electron chi connectivity index (χ3n) is 3.23. The predicted octanol–water partition coefficient (Wildman–Crippen LogP) is 2.07. The van der Waals surface area contributed by atoms with Crippen molar-refractivity contribution in [3.05, 3.63) is 48.9 Å². The second-order valence-electron chi connectivity index (χ2n) is 4.92. The quantitative estimate of drug-likeness (QED) is 0.787. The molecule has 0 radical (unpaired) electrons. The first kappa shape index (κ1) is 12.0. The summed E-state index contributed by atoms with van der Waals surface area (Å²) in [6.45, 7) is 0. The fourth-order valence-electron chi connectivity index (χ4n) is 2.04. The molecule has 3 aromatic heterocycles. The first-order valence-corrected chi connectivity index (χ1v) is 6.80. The second kappa shape index (κ2) is 4.93. The highest BCUT2D eigenvalue weighted by atomic mass is 15.3. The maximum Gasteiger partial charge on any atom is 0.250 e. The van der Waals surface area contributed by atoms with E-state index in [0.29, 0.717) is 11.9 Å². The van der Waals surface area contributed by atoms with Crippen LogP contribution in [0.3, 0.4) is 0 Å². The van der Waals surface area contributed by atoms with Gasteiger partial charge in [-0.2, -0.15) is 5.10 Å². The summed E-state index contributed by atoms with van der Waals surface area (Å²) in [7, 11) is 0. The molecule has 104 valence electrons. The molecule has 21 heavy (non-hydrogen) atoms. The van der Waals surface area contributed by atoms with E-state index in [2.05, 4.69) is 30.4 Å². The summed E-state index contributed by atoms with van der Waals surface area (Å²) in [6, 6.07) is 3.62. The molecule has 1 aliphatic rings. The topological polar surface area (TPSA) is 81.4 Å². The summed E-state index contributed by atoms with van der Waals surface area (Å²) < 4.78 is 1.62. The zero-order valence-corrected chi connectivity index (χ0v) is 11.2. The van der Waals surface area contributed by atoms with Crippen LogP contribution in [0.4, 0.5) is 11.5 Å². The lowest BCUT2D eigenvalue weighted by Gasteiger charge is -2.03. The van der Waals surface area contributed by atoms with Crippen LogP contribution in [0.15, 0.2) is 43.1 Å². The molecule has 7 nitrogen and oxygen atoms in total. The number of aromatic nitrogens is 6. The molecule has 1 saturated carbocycles. The van der Waals surface area contributed by atoms with Gasteiger partial charge in [-0.15, -0.1) is 0 Å². The second-order valence-corrected chi connectivity index (χ2v) is 4.92. The van der Waals surface area contributed by atoms with Gasteiger partial charge in [0.1, 0.15) is 11.6 Å². The third kappa shape index (κ3) is 2.58. The molecule has 1 aliphatic carbocycles. The highest BCUT2D eigenvalue weighted by Crippen LogP contribution is 2.38. The maximum atomic E-state index is 4.52. The molecule has 0 unspecified atom stereocenters. The van der Waals surface area contributed by atoms with Gasteiger partial charge in [-0.1, -0.05) is 0 Å². The fourth-order valence-corrected chi connectivity index (χ4v) is 2.04. The Labute approximate surface area is 121 Å². The number of rotatable bonds is 4. The first-order chi connectivity index (χ1) is 10.4. The van der Waals surface area contributed by atoms with Crippen LogP contribution in [0, 0.1) is 0 Å². The first-order valence-electron chi connectivity index (χ1n) is 6.80. The van der Waals surface area contributed by atoms with Crippen LogP contribution in [0.25, 0.3) is 5.95 Å². The van der Waals surface area contributed by atoms with Crippen LogP contribution >= 0.6 is 0 Å². The van der Waals surface area contributed by atoms with E-state index in [1.165, 1.54) is 12.8 Å². The van der Waals surface area contributed by atoms with Gasteiger partial charge in [-0.05, 0) is 25.0 Å². The van der Waals surface area contributed by atoms with Crippen molar-refractivity contribution >= 4 is 11.5 Å². The van der Waals surface area contributed by atoms with Gasteiger partial charge in [0.05, 0.1) is 18.1 Å². The van der Waals surface area contributed by atoms with Crippen LogP contribution in [0.2, 0.25) is 0 Å². The molecule has 0 saturated heterocycles. The molecule has 0 atom stereocenters. The molecule has 0 bridgehead atoms. The maximum absolute atomic E-state index is 4.52. The van der Waals surface area contributed by atoms with Crippen LogP contribution in [0.1, 0.15) is 24.6 Å². The largest absolute Gasteiger partial charge is 0.338 e. The van der Waals surface area contributed by atoms with E-state index in [0.717, 1.165) is 17.3 Å². The third-order valence-corrected chi connectivity index (χ3v) is 3.23. The summed E-state index contributed by atoms with van der Waals surface area (Å²) in [4.78, 5) is 17.1. The van der Waals surface area contributed by atoms with Crippen molar-refractivity contribution in [1.82, 2.24) is 29.7 Å². The van der Waals surface area contributed by atoms with Crippen molar-refractivity contribution < 1.29 is 0 Å². The van der Waals surface area contributed by atoms with Gasteiger partial charge in [-0.3, -0.25) is 0 Å². The molecule has 0 aliphatic heterocycles. The van der Waals surface area contributed by atoms with Gasteiger partial charge in [0.25, 0.3) is 0 Å². The van der Waals surface area contributed by atoms with Crippen molar-refractivity contribution in [2.75, 3.05) is 5.32 Å². The van der Waals surface area contributed by atoms with Gasteiger partial charge in [0, 0.05) is 24.5 Å². The highest BCUT2D eigenvalue weighted by molar-refractivity contribution is 5.54. The monoisotopic (exact) mass is 279 g/mol. The van der Waals surface area contributed by atoms with Gasteiger partial charge >= 0.3 is 0 Å². The minimum atomic E-state index is 0.534. The smallest absolute Gasteiger partial charge is 0.250 e. The fraction of sp³-hybridized carbons (Fsp3) is 0.214. The normalized spacial score (nSPS) is 14.1. The Kier molecular flexibility index (Phi) is 2.81. The van der Waals surface area contributed by atoms with Crippen molar-refractivity contribution in [3.8, 4) is 5.95 Å². The molecule has 0 aromatic carbocycles. The van der Waals surface area contributed by atoms with Gasteiger partial charge in [0.2, 0.25) is 5.95 Å². The highest BCUT2D eigenvalue weighted by Gasteiger charge is 2.26. The SMILES string of the molecule is c1cnc(-n2cc(Nc3ccnc(C4CC4)n3)cn2)nc1. The molecule has 7 heteroatoms. The lowest BCUT2D eigenvalue weighted by molar-refractivity contribution is 0.808. The Bertz CT molecular complexity index is 749. The molecule has 0 spiro atoms. The zero-order valence-electron chi connectivity index (χ0n) is 11.2. The summed E-state index contributed by atoms with van der Waals surface area (Å²) in [6.07, 6.45) is 11.1. The molecule has 0 amide bonds. The Morgan fingerprint density at radius 3 is 2.76 bits per heavy atom. The molecule has 1 fully saturated rings. The van der Waals surface area contributed by atoms with E-state index in [4.69, 9.17) is 0 Å². The van der Waals surface area contributed by atoms with Gasteiger partial charge < -0.3 is 5.32 Å². The molecule has 3 heterocycles. The van der Waals surface area contributed by atoms with E-state index >= 15 is 0 Å². The van der Waals surface area contributed by atoms with Crippen molar-refractivity contribution in [2.45, 2.75) is 18.8 Å². The van der Waals surface area contributed by atoms with E-state index in [-0.39, 0.29) is 0 Å². The minimum Gasteiger partial charge on any atom is -0.338 e. The average Bonchev–Trinajstić information content (AvgIpc) is 3.29.